The van der Waals surface area contributed by atoms with Crippen molar-refractivity contribution in [3.05, 3.63) is 68.5 Å². The average molecular weight is 453 g/mol. The number of methoxy groups -OCH3 is 1. The Morgan fingerprint density at radius 2 is 1.79 bits per heavy atom. The molecule has 1 amide bonds. The van der Waals surface area contributed by atoms with Crippen LogP contribution in [0.4, 0.5) is 0 Å². The number of carbonyl (C=O) groups excluding carboxylic acids is 1. The second-order valence-corrected chi connectivity index (χ2v) is 7.92. The Morgan fingerprint density at radius 3 is 2.45 bits per heavy atom. The van der Waals surface area contributed by atoms with Crippen molar-refractivity contribution in [1.82, 2.24) is 24.3 Å². The van der Waals surface area contributed by atoms with Crippen LogP contribution in [0.15, 0.2) is 46.0 Å². The number of nitrogens with zero attached hydrogens (tertiary/aromatic N) is 4. The molecule has 1 aromatic carbocycles. The van der Waals surface area contributed by atoms with E-state index >= 15 is 0 Å². The molecule has 0 aliphatic carbocycles. The van der Waals surface area contributed by atoms with Crippen molar-refractivity contribution in [2.24, 2.45) is 14.1 Å². The zero-order chi connectivity index (χ0) is 23.5. The normalized spacial score (nSPS) is 15.4. The first-order valence-corrected chi connectivity index (χ1v) is 10.7. The van der Waals surface area contributed by atoms with E-state index in [9.17, 15) is 14.4 Å². The molecule has 1 N–H and O–H groups in total. The molecule has 0 spiro atoms. The monoisotopic (exact) mass is 453 g/mol. The van der Waals surface area contributed by atoms with Crippen LogP contribution in [0.1, 0.15) is 22.1 Å². The fraction of sp³-hybridized carbons (Fsp3) is 0.391. The van der Waals surface area contributed by atoms with Gasteiger partial charge in [-0.1, -0.05) is 12.1 Å². The van der Waals surface area contributed by atoms with Gasteiger partial charge in [0.1, 0.15) is 17.1 Å². The van der Waals surface area contributed by atoms with Gasteiger partial charge in [0.25, 0.3) is 11.5 Å². The molecule has 1 saturated heterocycles. The van der Waals surface area contributed by atoms with Crippen LogP contribution in [0.5, 0.6) is 5.75 Å². The Hall–Kier alpha value is -3.50. The number of nitrogens with one attached hydrogen (secondary N) is 1. The summed E-state index contributed by atoms with van der Waals surface area (Å²) < 4.78 is 13.0. The van der Waals surface area contributed by atoms with Crippen LogP contribution in [-0.4, -0.2) is 64.9 Å². The van der Waals surface area contributed by atoms with E-state index in [1.165, 1.54) is 30.8 Å². The minimum absolute atomic E-state index is 0.0548. The molecule has 0 bridgehead atoms. The highest BCUT2D eigenvalue weighted by atomic mass is 16.5. The van der Waals surface area contributed by atoms with Gasteiger partial charge in [-0.3, -0.25) is 23.6 Å². The van der Waals surface area contributed by atoms with Crippen LogP contribution in [0.25, 0.3) is 11.0 Å². The van der Waals surface area contributed by atoms with Crippen molar-refractivity contribution in [3.63, 3.8) is 0 Å². The molecule has 1 atom stereocenters. The third kappa shape index (κ3) is 4.53. The first-order chi connectivity index (χ1) is 15.9. The van der Waals surface area contributed by atoms with Crippen LogP contribution >= 0.6 is 0 Å². The van der Waals surface area contributed by atoms with Crippen molar-refractivity contribution < 1.29 is 14.3 Å². The number of amides is 1. The van der Waals surface area contributed by atoms with Crippen molar-refractivity contribution in [2.45, 2.75) is 6.04 Å². The molecule has 1 fully saturated rings. The van der Waals surface area contributed by atoms with Gasteiger partial charge in [0.15, 0.2) is 0 Å². The highest BCUT2D eigenvalue weighted by Gasteiger charge is 2.24. The number of ether oxygens (including phenoxy) is 2. The first-order valence-electron chi connectivity index (χ1n) is 10.7. The smallest absolute Gasteiger partial charge is 0.332 e. The summed E-state index contributed by atoms with van der Waals surface area (Å²) in [6, 6.07) is 10.8. The summed E-state index contributed by atoms with van der Waals surface area (Å²) in [6.07, 6.45) is 0. The van der Waals surface area contributed by atoms with Gasteiger partial charge in [0.2, 0.25) is 0 Å². The number of fused-ring (bicyclic) bond motifs is 1. The molecule has 33 heavy (non-hydrogen) atoms. The van der Waals surface area contributed by atoms with E-state index in [1.807, 2.05) is 24.3 Å². The highest BCUT2D eigenvalue weighted by Crippen LogP contribution is 2.24. The molecule has 10 nitrogen and oxygen atoms in total. The van der Waals surface area contributed by atoms with Crippen LogP contribution < -0.4 is 21.3 Å². The maximum absolute atomic E-state index is 12.9. The minimum Gasteiger partial charge on any atom is -0.497 e. The fourth-order valence-electron chi connectivity index (χ4n) is 4.03. The SMILES string of the molecule is COc1ccc([C@@H](CNC(=O)c2ccc3c(=O)n(C)c(=O)n(C)c3n2)N2CCOCC2)cc1. The van der Waals surface area contributed by atoms with Gasteiger partial charge in [0, 0.05) is 33.7 Å². The second-order valence-electron chi connectivity index (χ2n) is 7.92. The molecule has 2 aromatic heterocycles. The number of benzene rings is 1. The molecule has 0 unspecified atom stereocenters. The van der Waals surface area contributed by atoms with Gasteiger partial charge < -0.3 is 14.8 Å². The van der Waals surface area contributed by atoms with Crippen molar-refractivity contribution in [2.75, 3.05) is 40.0 Å². The second kappa shape index (κ2) is 9.55. The largest absolute Gasteiger partial charge is 0.497 e. The van der Waals surface area contributed by atoms with E-state index in [4.69, 9.17) is 9.47 Å². The molecule has 174 valence electrons. The third-order valence-corrected chi connectivity index (χ3v) is 5.98. The molecule has 1 aliphatic rings. The number of hydrogen-bond acceptors (Lipinski definition) is 7. The van der Waals surface area contributed by atoms with Gasteiger partial charge in [-0.05, 0) is 29.8 Å². The Morgan fingerprint density at radius 1 is 1.09 bits per heavy atom. The zero-order valence-electron chi connectivity index (χ0n) is 18.9. The standard InChI is InChI=1S/C23H27N5O5/c1-26-20-17(22(30)27(2)23(26)31)8-9-18(25-20)21(29)24-14-19(28-10-12-33-13-11-28)15-4-6-16(32-3)7-5-15/h4-9,19H,10-14H2,1-3H3,(H,24,29)/t19-/m1/s1. The van der Waals surface area contributed by atoms with Crippen LogP contribution in [0.2, 0.25) is 0 Å². The zero-order valence-corrected chi connectivity index (χ0v) is 18.9. The van der Waals surface area contributed by atoms with Crippen LogP contribution in [-0.2, 0) is 18.8 Å². The van der Waals surface area contributed by atoms with E-state index in [1.54, 1.807) is 7.11 Å². The van der Waals surface area contributed by atoms with Crippen LogP contribution in [0, 0.1) is 0 Å². The molecule has 0 radical (unpaired) electrons. The highest BCUT2D eigenvalue weighted by molar-refractivity contribution is 5.94. The van der Waals surface area contributed by atoms with E-state index in [0.29, 0.717) is 19.8 Å². The fourth-order valence-corrected chi connectivity index (χ4v) is 4.03. The van der Waals surface area contributed by atoms with Crippen molar-refractivity contribution >= 4 is 16.9 Å². The van der Waals surface area contributed by atoms with Gasteiger partial charge >= 0.3 is 5.69 Å². The van der Waals surface area contributed by atoms with Gasteiger partial charge in [-0.2, -0.15) is 0 Å². The Labute approximate surface area is 190 Å². The summed E-state index contributed by atoms with van der Waals surface area (Å²) in [5, 5.41) is 3.24. The number of hydrogen-bond donors (Lipinski definition) is 1. The number of aryl methyl sites for hydroxylation is 1. The lowest BCUT2D eigenvalue weighted by molar-refractivity contribution is 0.0162. The summed E-state index contributed by atoms with van der Waals surface area (Å²) in [6.45, 7) is 3.14. The number of carbonyl (C=O) groups is 1. The summed E-state index contributed by atoms with van der Waals surface area (Å²) in [7, 11) is 4.56. The van der Waals surface area contributed by atoms with Crippen LogP contribution in [0.3, 0.4) is 0 Å². The summed E-state index contributed by atoms with van der Waals surface area (Å²) in [4.78, 5) is 44.1. The van der Waals surface area contributed by atoms with E-state index < -0.39 is 11.2 Å². The predicted octanol–water partition coefficient (Wildman–Crippen LogP) is 0.444. The molecule has 3 aromatic rings. The van der Waals surface area contributed by atoms with E-state index in [-0.39, 0.29) is 28.7 Å². The summed E-state index contributed by atoms with van der Waals surface area (Å²) >= 11 is 0. The maximum atomic E-state index is 12.9. The Bertz CT molecular complexity index is 1280. The number of morpholine rings is 1. The number of rotatable bonds is 6. The third-order valence-electron chi connectivity index (χ3n) is 5.98. The topological polar surface area (TPSA) is 108 Å². The van der Waals surface area contributed by atoms with E-state index in [2.05, 4.69) is 15.2 Å². The first kappa shape index (κ1) is 22.7. The predicted molar refractivity (Wildman–Crippen MR) is 123 cm³/mol. The van der Waals surface area contributed by atoms with Crippen molar-refractivity contribution in [3.8, 4) is 5.75 Å². The molecule has 10 heteroatoms. The van der Waals surface area contributed by atoms with Gasteiger partial charge in [-0.15, -0.1) is 0 Å². The number of aromatic nitrogens is 3. The number of pyridine rings is 1. The lowest BCUT2D eigenvalue weighted by Crippen LogP contribution is -2.44. The van der Waals surface area contributed by atoms with Gasteiger partial charge in [-0.25, -0.2) is 9.78 Å². The van der Waals surface area contributed by atoms with Crippen molar-refractivity contribution in [1.29, 1.82) is 0 Å². The summed E-state index contributed by atoms with van der Waals surface area (Å²) in [5.41, 5.74) is 0.427. The van der Waals surface area contributed by atoms with Gasteiger partial charge in [0.05, 0.1) is 31.8 Å². The maximum Gasteiger partial charge on any atom is 0.332 e. The lowest BCUT2D eigenvalue weighted by Gasteiger charge is -2.35. The van der Waals surface area contributed by atoms with E-state index in [0.717, 1.165) is 29.0 Å². The summed E-state index contributed by atoms with van der Waals surface area (Å²) in [5.74, 6) is 0.387. The average Bonchev–Trinajstić information content (AvgIpc) is 2.86. The minimum atomic E-state index is -0.496. The molecule has 3 heterocycles. The Kier molecular flexibility index (Phi) is 6.57. The molecule has 0 saturated carbocycles. The molecule has 1 aliphatic heterocycles. The molecular weight excluding hydrogens is 426 g/mol. The molecule has 4 rings (SSSR count). The quantitative estimate of drug-likeness (QED) is 0.577. The lowest BCUT2D eigenvalue weighted by atomic mass is 10.0. The molecular formula is C23H27N5O5. The Balaban J connectivity index is 1.58.